The molecule has 1 aromatic heterocycles. The Morgan fingerprint density at radius 3 is 2.16 bits per heavy atom. The molecule has 1 aliphatic rings. The van der Waals surface area contributed by atoms with Crippen LogP contribution in [0.1, 0.15) is 72.4 Å². The van der Waals surface area contributed by atoms with E-state index in [0.29, 0.717) is 0 Å². The zero-order valence-corrected chi connectivity index (χ0v) is 24.8. The van der Waals surface area contributed by atoms with Gasteiger partial charge in [-0.25, -0.2) is 14.4 Å². The standard InChI is InChI=1S/C28H34F3N3O9/c1-8-39-18-12-16(27(33-34-27)28(29,30)31)13-19-22(18)15(11-21(36)41-19)14-40-23(37)17(32-24(38)43-26(5,6)7)9-10-20(35)42-25(2,3)4/h11-13,17H,8-10,14H2,1-7H3,(H,32,38). The van der Waals surface area contributed by atoms with Crippen LogP contribution in [0.4, 0.5) is 18.0 Å². The summed E-state index contributed by atoms with van der Waals surface area (Å²) in [4.78, 5) is 50.2. The Morgan fingerprint density at radius 2 is 1.63 bits per heavy atom. The van der Waals surface area contributed by atoms with E-state index in [1.807, 2.05) is 0 Å². The van der Waals surface area contributed by atoms with Gasteiger partial charge in [0, 0.05) is 23.6 Å². The normalized spacial score (nSPS) is 15.0. The molecule has 3 rings (SSSR count). The number of rotatable bonds is 10. The fourth-order valence-electron chi connectivity index (χ4n) is 3.97. The van der Waals surface area contributed by atoms with Crippen LogP contribution in [-0.2, 0) is 36.1 Å². The zero-order chi connectivity index (χ0) is 32.4. The van der Waals surface area contributed by atoms with Gasteiger partial charge in [0.05, 0.1) is 12.0 Å². The van der Waals surface area contributed by atoms with Gasteiger partial charge in [-0.15, -0.1) is 10.2 Å². The highest BCUT2D eigenvalue weighted by Gasteiger charge is 2.65. The first kappa shape index (κ1) is 33.3. The fraction of sp³-hybridized carbons (Fsp3) is 0.571. The molecule has 43 heavy (non-hydrogen) atoms. The summed E-state index contributed by atoms with van der Waals surface area (Å²) < 4.78 is 67.6. The number of nitrogens with one attached hydrogen (secondary N) is 1. The maximum absolute atomic E-state index is 13.7. The number of ether oxygens (including phenoxy) is 4. The van der Waals surface area contributed by atoms with E-state index in [-0.39, 0.29) is 41.7 Å². The van der Waals surface area contributed by atoms with E-state index < -0.39 is 64.9 Å². The Morgan fingerprint density at radius 1 is 1.00 bits per heavy atom. The predicted octanol–water partition coefficient (Wildman–Crippen LogP) is 5.43. The molecule has 15 heteroatoms. The van der Waals surface area contributed by atoms with Crippen LogP contribution in [0, 0.1) is 0 Å². The van der Waals surface area contributed by atoms with Crippen molar-refractivity contribution in [3.8, 4) is 5.75 Å². The van der Waals surface area contributed by atoms with Crippen LogP contribution < -0.4 is 15.7 Å². The van der Waals surface area contributed by atoms with Gasteiger partial charge < -0.3 is 28.7 Å². The first-order valence-electron chi connectivity index (χ1n) is 13.4. The molecule has 0 spiro atoms. The monoisotopic (exact) mass is 613 g/mol. The van der Waals surface area contributed by atoms with Crippen molar-refractivity contribution >= 4 is 29.0 Å². The maximum atomic E-state index is 13.7. The van der Waals surface area contributed by atoms with E-state index >= 15 is 0 Å². The third-order valence-corrected chi connectivity index (χ3v) is 5.69. The van der Waals surface area contributed by atoms with Crippen LogP contribution >= 0.6 is 0 Å². The molecule has 1 amide bonds. The van der Waals surface area contributed by atoms with Gasteiger partial charge in [-0.05, 0) is 67.0 Å². The number of halogens is 3. The number of carbonyl (C=O) groups is 3. The highest BCUT2D eigenvalue weighted by atomic mass is 19.4. The molecule has 2 aromatic rings. The summed E-state index contributed by atoms with van der Waals surface area (Å²) in [5.41, 5.74) is -6.03. The van der Waals surface area contributed by atoms with Crippen LogP contribution in [-0.4, -0.2) is 48.1 Å². The number of fused-ring (bicyclic) bond motifs is 1. The molecule has 2 heterocycles. The van der Waals surface area contributed by atoms with E-state index in [4.69, 9.17) is 23.4 Å². The highest BCUT2D eigenvalue weighted by Crippen LogP contribution is 2.53. The summed E-state index contributed by atoms with van der Waals surface area (Å²) in [5, 5.41) is 8.82. The fourth-order valence-corrected chi connectivity index (χ4v) is 3.97. The van der Waals surface area contributed by atoms with Gasteiger partial charge in [0.1, 0.15) is 35.2 Å². The Labute approximate surface area is 244 Å². The second kappa shape index (κ2) is 12.2. The Kier molecular flexibility index (Phi) is 9.46. The largest absolute Gasteiger partial charge is 0.493 e. The molecule has 1 aliphatic heterocycles. The van der Waals surface area contributed by atoms with Gasteiger partial charge >= 0.3 is 35.5 Å². The molecule has 1 atom stereocenters. The minimum atomic E-state index is -4.84. The second-order valence-electron chi connectivity index (χ2n) is 11.7. The second-order valence-corrected chi connectivity index (χ2v) is 11.7. The lowest BCUT2D eigenvalue weighted by atomic mass is 9.99. The number of hydrogen-bond acceptors (Lipinski definition) is 11. The lowest BCUT2D eigenvalue weighted by molar-refractivity contribution is -0.166. The quantitative estimate of drug-likeness (QED) is 0.210. The van der Waals surface area contributed by atoms with E-state index in [2.05, 4.69) is 15.5 Å². The summed E-state index contributed by atoms with van der Waals surface area (Å²) >= 11 is 0. The molecule has 0 aliphatic carbocycles. The molecule has 1 unspecified atom stereocenters. The summed E-state index contributed by atoms with van der Waals surface area (Å²) in [6.45, 7) is 11.0. The molecule has 1 aromatic carbocycles. The first-order valence-corrected chi connectivity index (χ1v) is 13.4. The number of amides is 1. The van der Waals surface area contributed by atoms with Crippen molar-refractivity contribution in [1.82, 2.24) is 5.32 Å². The minimum Gasteiger partial charge on any atom is -0.493 e. The van der Waals surface area contributed by atoms with Crippen molar-refractivity contribution in [2.24, 2.45) is 10.2 Å². The summed E-state index contributed by atoms with van der Waals surface area (Å²) in [7, 11) is 0. The average molecular weight is 614 g/mol. The molecular weight excluding hydrogens is 579 g/mol. The molecular formula is C28H34F3N3O9. The molecule has 1 N–H and O–H groups in total. The molecule has 0 radical (unpaired) electrons. The van der Waals surface area contributed by atoms with Crippen molar-refractivity contribution in [1.29, 1.82) is 0 Å². The Bertz CT molecular complexity index is 1460. The molecule has 0 saturated heterocycles. The number of nitrogens with zero attached hydrogens (tertiary/aromatic N) is 2. The van der Waals surface area contributed by atoms with E-state index in [1.54, 1.807) is 48.5 Å². The van der Waals surface area contributed by atoms with Crippen molar-refractivity contribution in [3.63, 3.8) is 0 Å². The van der Waals surface area contributed by atoms with Gasteiger partial charge in [-0.2, -0.15) is 13.2 Å². The Balaban J connectivity index is 1.89. The van der Waals surface area contributed by atoms with Gasteiger partial charge in [0.2, 0.25) is 0 Å². The number of carbonyl (C=O) groups excluding carboxylic acids is 3. The van der Waals surface area contributed by atoms with Gasteiger partial charge in [0.15, 0.2) is 0 Å². The van der Waals surface area contributed by atoms with Gasteiger partial charge in [-0.3, -0.25) is 4.79 Å². The van der Waals surface area contributed by atoms with Crippen molar-refractivity contribution < 1.29 is 50.9 Å². The number of hydrogen-bond donors (Lipinski definition) is 1. The van der Waals surface area contributed by atoms with Gasteiger partial charge in [0.25, 0.3) is 0 Å². The van der Waals surface area contributed by atoms with Crippen LogP contribution in [0.3, 0.4) is 0 Å². The van der Waals surface area contributed by atoms with Crippen LogP contribution in [0.25, 0.3) is 11.0 Å². The summed E-state index contributed by atoms with van der Waals surface area (Å²) in [6, 6.07) is 1.71. The topological polar surface area (TPSA) is 155 Å². The highest BCUT2D eigenvalue weighted by molar-refractivity contribution is 5.88. The van der Waals surface area contributed by atoms with E-state index in [9.17, 15) is 32.3 Å². The molecule has 236 valence electrons. The first-order chi connectivity index (χ1) is 19.7. The van der Waals surface area contributed by atoms with E-state index in [0.717, 1.165) is 18.2 Å². The lowest BCUT2D eigenvalue weighted by Crippen LogP contribution is -2.44. The van der Waals surface area contributed by atoms with Crippen LogP contribution in [0.2, 0.25) is 0 Å². The Hall–Kier alpha value is -4.17. The lowest BCUT2D eigenvalue weighted by Gasteiger charge is -2.24. The van der Waals surface area contributed by atoms with Crippen molar-refractivity contribution in [2.75, 3.05) is 6.61 Å². The molecule has 0 bridgehead atoms. The molecule has 0 saturated carbocycles. The van der Waals surface area contributed by atoms with E-state index in [1.165, 1.54) is 0 Å². The third kappa shape index (κ3) is 8.67. The van der Waals surface area contributed by atoms with Crippen LogP contribution in [0.15, 0.2) is 37.6 Å². The molecule has 12 nitrogen and oxygen atoms in total. The SMILES string of the molecule is CCOc1cc(C2(C(F)(F)F)N=N2)cc2oc(=O)cc(COC(=O)C(CCC(=O)OC(C)(C)C)NC(=O)OC(C)(C)C)c12. The van der Waals surface area contributed by atoms with Crippen LogP contribution in [0.5, 0.6) is 5.75 Å². The smallest absolute Gasteiger partial charge is 0.442 e. The summed E-state index contributed by atoms with van der Waals surface area (Å²) in [6.07, 6.45) is -6.23. The number of alkyl carbamates (subject to hydrolysis) is 1. The number of benzene rings is 1. The average Bonchev–Trinajstić information content (AvgIpc) is 3.65. The third-order valence-electron chi connectivity index (χ3n) is 5.69. The predicted molar refractivity (Wildman–Crippen MR) is 144 cm³/mol. The molecule has 0 fully saturated rings. The zero-order valence-electron chi connectivity index (χ0n) is 24.8. The maximum Gasteiger partial charge on any atom is 0.442 e. The summed E-state index contributed by atoms with van der Waals surface area (Å²) in [5.74, 6) is -1.68. The van der Waals surface area contributed by atoms with Crippen molar-refractivity contribution in [2.45, 2.75) is 97.0 Å². The van der Waals surface area contributed by atoms with Gasteiger partial charge in [-0.1, -0.05) is 0 Å². The van der Waals surface area contributed by atoms with Crippen molar-refractivity contribution in [3.05, 3.63) is 39.7 Å². The number of alkyl halides is 3. The number of esters is 2. The minimum absolute atomic E-state index is 0.0385.